The maximum absolute atomic E-state index is 11.6. The Bertz CT molecular complexity index is 403. The Labute approximate surface area is 107 Å². The number of ether oxygens (including phenoxy) is 1. The molecule has 2 rings (SSSR count). The fourth-order valence-corrected chi connectivity index (χ4v) is 2.28. The number of hydrogen-bond donors (Lipinski definition) is 2. The van der Waals surface area contributed by atoms with Crippen LogP contribution in [0.3, 0.4) is 0 Å². The molecule has 1 aliphatic rings. The minimum absolute atomic E-state index is 0.179. The average molecular weight is 249 g/mol. The molecule has 1 aromatic carbocycles. The summed E-state index contributed by atoms with van der Waals surface area (Å²) in [5.74, 6) is -0.638. The van der Waals surface area contributed by atoms with E-state index in [0.29, 0.717) is 6.54 Å². The highest BCUT2D eigenvalue weighted by atomic mass is 16.5. The van der Waals surface area contributed by atoms with E-state index in [1.54, 1.807) is 7.11 Å². The Morgan fingerprint density at radius 1 is 1.44 bits per heavy atom. The number of benzene rings is 1. The largest absolute Gasteiger partial charge is 0.480 e. The average Bonchev–Trinajstić information content (AvgIpc) is 3.20. The summed E-state index contributed by atoms with van der Waals surface area (Å²) in [4.78, 5) is 11.6. The van der Waals surface area contributed by atoms with E-state index in [1.165, 1.54) is 0 Å². The molecule has 0 aromatic heterocycles. The molecule has 2 N–H and O–H groups in total. The van der Waals surface area contributed by atoms with E-state index in [4.69, 9.17) is 4.74 Å². The Balaban J connectivity index is 2.07. The van der Waals surface area contributed by atoms with Gasteiger partial charge < -0.3 is 9.84 Å². The van der Waals surface area contributed by atoms with Crippen LogP contribution in [-0.4, -0.2) is 30.3 Å². The number of carboxylic acid groups (broad SMARTS) is 1. The number of hydrogen-bond acceptors (Lipinski definition) is 3. The van der Waals surface area contributed by atoms with Gasteiger partial charge in [-0.15, -0.1) is 0 Å². The second kappa shape index (κ2) is 5.50. The lowest BCUT2D eigenvalue weighted by atomic mass is 9.93. The molecule has 0 radical (unpaired) electrons. The maximum atomic E-state index is 11.6. The van der Waals surface area contributed by atoms with Crippen LogP contribution in [0.25, 0.3) is 0 Å². The van der Waals surface area contributed by atoms with Gasteiger partial charge in [0.2, 0.25) is 0 Å². The highest BCUT2D eigenvalue weighted by molar-refractivity contribution is 5.80. The van der Waals surface area contributed by atoms with E-state index < -0.39 is 11.5 Å². The molecule has 4 heteroatoms. The molecule has 0 saturated heterocycles. The third-order valence-corrected chi connectivity index (χ3v) is 3.48. The minimum atomic E-state index is -0.940. The zero-order chi connectivity index (χ0) is 13.0. The summed E-state index contributed by atoms with van der Waals surface area (Å²) in [6, 6.07) is 9.82. The first-order valence-electron chi connectivity index (χ1n) is 6.20. The second-order valence-electron chi connectivity index (χ2n) is 4.82. The summed E-state index contributed by atoms with van der Waals surface area (Å²) >= 11 is 0. The molecule has 0 heterocycles. The molecule has 98 valence electrons. The topological polar surface area (TPSA) is 58.6 Å². The summed E-state index contributed by atoms with van der Waals surface area (Å²) in [6.07, 6.45) is 1.91. The van der Waals surface area contributed by atoms with Gasteiger partial charge in [-0.3, -0.25) is 10.1 Å². The smallest absolute Gasteiger partial charge is 0.326 e. The lowest BCUT2D eigenvalue weighted by molar-refractivity contribution is -0.148. The lowest BCUT2D eigenvalue weighted by Gasteiger charge is -2.30. The lowest BCUT2D eigenvalue weighted by Crippen LogP contribution is -2.57. The standard InChI is InChI=1S/C14H19NO3/c1-18-10-14(13(16)17,12-7-8-12)15-9-11-5-3-2-4-6-11/h2-6,12,15H,7-10H2,1H3,(H,16,17). The van der Waals surface area contributed by atoms with E-state index in [-0.39, 0.29) is 12.5 Å². The Morgan fingerprint density at radius 2 is 2.11 bits per heavy atom. The Morgan fingerprint density at radius 3 is 2.61 bits per heavy atom. The van der Waals surface area contributed by atoms with Gasteiger partial charge in [0.1, 0.15) is 5.54 Å². The molecule has 1 atom stereocenters. The molecule has 0 amide bonds. The summed E-state index contributed by atoms with van der Waals surface area (Å²) < 4.78 is 5.12. The quantitative estimate of drug-likeness (QED) is 0.771. The highest BCUT2D eigenvalue weighted by Crippen LogP contribution is 2.40. The van der Waals surface area contributed by atoms with Crippen molar-refractivity contribution in [1.29, 1.82) is 0 Å². The molecule has 4 nitrogen and oxygen atoms in total. The van der Waals surface area contributed by atoms with Crippen molar-refractivity contribution in [3.63, 3.8) is 0 Å². The molecular weight excluding hydrogens is 230 g/mol. The van der Waals surface area contributed by atoms with Crippen molar-refractivity contribution >= 4 is 5.97 Å². The molecule has 18 heavy (non-hydrogen) atoms. The van der Waals surface area contributed by atoms with Gasteiger partial charge in [0.25, 0.3) is 0 Å². The van der Waals surface area contributed by atoms with Crippen molar-refractivity contribution in [2.75, 3.05) is 13.7 Å². The van der Waals surface area contributed by atoms with Crippen LogP contribution in [0.15, 0.2) is 30.3 Å². The molecule has 0 spiro atoms. The van der Waals surface area contributed by atoms with Crippen molar-refractivity contribution < 1.29 is 14.6 Å². The van der Waals surface area contributed by atoms with E-state index >= 15 is 0 Å². The van der Waals surface area contributed by atoms with Crippen LogP contribution in [0.4, 0.5) is 0 Å². The van der Waals surface area contributed by atoms with Crippen LogP contribution < -0.4 is 5.32 Å². The summed E-state index contributed by atoms with van der Waals surface area (Å²) in [7, 11) is 1.55. The fourth-order valence-electron chi connectivity index (χ4n) is 2.28. The van der Waals surface area contributed by atoms with Gasteiger partial charge in [-0.05, 0) is 24.3 Å². The van der Waals surface area contributed by atoms with E-state index in [0.717, 1.165) is 18.4 Å². The van der Waals surface area contributed by atoms with Crippen molar-refractivity contribution in [2.45, 2.75) is 24.9 Å². The molecular formula is C14H19NO3. The van der Waals surface area contributed by atoms with Crippen molar-refractivity contribution in [2.24, 2.45) is 5.92 Å². The summed E-state index contributed by atoms with van der Waals surface area (Å²) in [5.41, 5.74) is 0.143. The first kappa shape index (κ1) is 13.1. The van der Waals surface area contributed by atoms with Gasteiger partial charge in [-0.25, -0.2) is 0 Å². The summed E-state index contributed by atoms with van der Waals surface area (Å²) in [5, 5.41) is 12.7. The Hall–Kier alpha value is -1.39. The van der Waals surface area contributed by atoms with Crippen LogP contribution >= 0.6 is 0 Å². The van der Waals surface area contributed by atoms with Gasteiger partial charge in [0, 0.05) is 13.7 Å². The van der Waals surface area contributed by atoms with Gasteiger partial charge in [-0.1, -0.05) is 30.3 Å². The first-order chi connectivity index (χ1) is 8.69. The Kier molecular flexibility index (Phi) is 3.99. The number of nitrogens with one attached hydrogen (secondary N) is 1. The molecule has 1 saturated carbocycles. The summed E-state index contributed by atoms with van der Waals surface area (Å²) in [6.45, 7) is 0.757. The van der Waals surface area contributed by atoms with Crippen molar-refractivity contribution in [1.82, 2.24) is 5.32 Å². The van der Waals surface area contributed by atoms with Crippen LogP contribution in [-0.2, 0) is 16.1 Å². The molecule has 0 bridgehead atoms. The number of rotatable bonds is 7. The third-order valence-electron chi connectivity index (χ3n) is 3.48. The number of carbonyl (C=O) groups is 1. The molecule has 1 fully saturated rings. The predicted molar refractivity (Wildman–Crippen MR) is 68.2 cm³/mol. The second-order valence-corrected chi connectivity index (χ2v) is 4.82. The molecule has 1 unspecified atom stereocenters. The minimum Gasteiger partial charge on any atom is -0.480 e. The van der Waals surface area contributed by atoms with Crippen LogP contribution in [0, 0.1) is 5.92 Å². The normalized spacial score (nSPS) is 18.3. The first-order valence-corrected chi connectivity index (χ1v) is 6.20. The zero-order valence-electron chi connectivity index (χ0n) is 10.6. The van der Waals surface area contributed by atoms with Crippen molar-refractivity contribution in [3.8, 4) is 0 Å². The van der Waals surface area contributed by atoms with Gasteiger partial charge in [0.05, 0.1) is 6.61 Å². The molecule has 0 aliphatic heterocycles. The number of aliphatic carboxylic acids is 1. The SMILES string of the molecule is COCC(NCc1ccccc1)(C(=O)O)C1CC1. The van der Waals surface area contributed by atoms with Crippen LogP contribution in [0.5, 0.6) is 0 Å². The number of methoxy groups -OCH3 is 1. The van der Waals surface area contributed by atoms with E-state index in [9.17, 15) is 9.90 Å². The maximum Gasteiger partial charge on any atom is 0.326 e. The molecule has 1 aliphatic carbocycles. The zero-order valence-corrected chi connectivity index (χ0v) is 10.6. The monoisotopic (exact) mass is 249 g/mol. The van der Waals surface area contributed by atoms with Gasteiger partial charge >= 0.3 is 5.97 Å². The highest BCUT2D eigenvalue weighted by Gasteiger charge is 2.51. The van der Waals surface area contributed by atoms with E-state index in [2.05, 4.69) is 5.32 Å². The number of carboxylic acids is 1. The molecule has 1 aromatic rings. The van der Waals surface area contributed by atoms with Crippen LogP contribution in [0.1, 0.15) is 18.4 Å². The van der Waals surface area contributed by atoms with Gasteiger partial charge in [0.15, 0.2) is 0 Å². The third kappa shape index (κ3) is 2.71. The van der Waals surface area contributed by atoms with E-state index in [1.807, 2.05) is 30.3 Å². The fraction of sp³-hybridized carbons (Fsp3) is 0.500. The van der Waals surface area contributed by atoms with Crippen LogP contribution in [0.2, 0.25) is 0 Å². The van der Waals surface area contributed by atoms with Gasteiger partial charge in [-0.2, -0.15) is 0 Å². The van der Waals surface area contributed by atoms with Crippen molar-refractivity contribution in [3.05, 3.63) is 35.9 Å². The predicted octanol–water partition coefficient (Wildman–Crippen LogP) is 1.66.